The predicted octanol–water partition coefficient (Wildman–Crippen LogP) is 3.87. The van der Waals surface area contributed by atoms with Crippen molar-refractivity contribution in [3.63, 3.8) is 0 Å². The molecule has 0 spiro atoms. The summed E-state index contributed by atoms with van der Waals surface area (Å²) >= 11 is 0. The SMILES string of the molecule is COc1ccc(OC)c(NC(=O)[C@@H]2[C@@H]3C(=O)N(c4cccc(F)c4)C(=O)[C@@H]3[C@H]3C=Cc4ccccc4N32)c1. The number of halogens is 1. The molecular weight excluding hydrogens is 489 g/mol. The number of para-hydroxylation sites is 1. The lowest BCUT2D eigenvalue weighted by Gasteiger charge is -2.36. The minimum atomic E-state index is -1.01. The van der Waals surface area contributed by atoms with Crippen molar-refractivity contribution in [1.29, 1.82) is 0 Å². The van der Waals surface area contributed by atoms with Gasteiger partial charge >= 0.3 is 0 Å². The lowest BCUT2D eigenvalue weighted by atomic mass is 9.88. The number of hydrogen-bond acceptors (Lipinski definition) is 6. The van der Waals surface area contributed by atoms with Crippen molar-refractivity contribution in [3.8, 4) is 11.5 Å². The Labute approximate surface area is 218 Å². The molecule has 2 saturated heterocycles. The van der Waals surface area contributed by atoms with Crippen molar-refractivity contribution in [2.24, 2.45) is 11.8 Å². The number of benzene rings is 3. The van der Waals surface area contributed by atoms with Gasteiger partial charge in [-0.1, -0.05) is 36.4 Å². The molecule has 3 heterocycles. The molecule has 3 aromatic carbocycles. The molecule has 0 unspecified atom stereocenters. The van der Waals surface area contributed by atoms with Crippen molar-refractivity contribution in [1.82, 2.24) is 0 Å². The Morgan fingerprint density at radius 3 is 2.47 bits per heavy atom. The largest absolute Gasteiger partial charge is 0.497 e. The van der Waals surface area contributed by atoms with Crippen LogP contribution in [0.1, 0.15) is 5.56 Å². The monoisotopic (exact) mass is 513 g/mol. The predicted molar refractivity (Wildman–Crippen MR) is 140 cm³/mol. The Morgan fingerprint density at radius 2 is 1.71 bits per heavy atom. The van der Waals surface area contributed by atoms with E-state index in [4.69, 9.17) is 9.47 Å². The highest BCUT2D eigenvalue weighted by Crippen LogP contribution is 2.49. The summed E-state index contributed by atoms with van der Waals surface area (Å²) < 4.78 is 24.8. The summed E-state index contributed by atoms with van der Waals surface area (Å²) in [7, 11) is 3.00. The second-order valence-corrected chi connectivity index (χ2v) is 9.36. The van der Waals surface area contributed by atoms with E-state index in [1.54, 1.807) is 18.2 Å². The van der Waals surface area contributed by atoms with Crippen molar-refractivity contribution in [2.75, 3.05) is 29.3 Å². The summed E-state index contributed by atoms with van der Waals surface area (Å²) in [5.41, 5.74) is 2.15. The average molecular weight is 514 g/mol. The van der Waals surface area contributed by atoms with Crippen LogP contribution in [0, 0.1) is 17.7 Å². The maximum atomic E-state index is 14.0. The van der Waals surface area contributed by atoms with Gasteiger partial charge in [-0.25, -0.2) is 9.29 Å². The Morgan fingerprint density at radius 1 is 0.921 bits per heavy atom. The first kappa shape index (κ1) is 23.7. The highest BCUT2D eigenvalue weighted by Gasteiger charge is 2.64. The normalized spacial score (nSPS) is 23.1. The van der Waals surface area contributed by atoms with Crippen LogP contribution in [0.4, 0.5) is 21.5 Å². The van der Waals surface area contributed by atoms with E-state index in [9.17, 15) is 18.8 Å². The smallest absolute Gasteiger partial charge is 0.248 e. The number of nitrogens with one attached hydrogen (secondary N) is 1. The molecule has 0 saturated carbocycles. The van der Waals surface area contributed by atoms with Gasteiger partial charge < -0.3 is 19.7 Å². The second-order valence-electron chi connectivity index (χ2n) is 9.36. The maximum Gasteiger partial charge on any atom is 0.248 e. The molecule has 3 aliphatic heterocycles. The first-order valence-electron chi connectivity index (χ1n) is 12.1. The van der Waals surface area contributed by atoms with Crippen LogP contribution < -0.4 is 24.6 Å². The van der Waals surface area contributed by atoms with Crippen molar-refractivity contribution in [3.05, 3.63) is 84.2 Å². The number of rotatable bonds is 5. The van der Waals surface area contributed by atoms with E-state index in [-0.39, 0.29) is 5.69 Å². The molecule has 0 aromatic heterocycles. The Kier molecular flexibility index (Phi) is 5.63. The van der Waals surface area contributed by atoms with Crippen LogP contribution in [0.5, 0.6) is 11.5 Å². The molecule has 38 heavy (non-hydrogen) atoms. The fraction of sp³-hybridized carbons (Fsp3) is 0.207. The third kappa shape index (κ3) is 3.53. The number of hydrogen-bond donors (Lipinski definition) is 1. The summed E-state index contributed by atoms with van der Waals surface area (Å²) in [6.45, 7) is 0. The highest BCUT2D eigenvalue weighted by atomic mass is 19.1. The van der Waals surface area contributed by atoms with Crippen LogP contribution in [-0.4, -0.2) is 44.0 Å². The van der Waals surface area contributed by atoms with Crippen LogP contribution in [0.2, 0.25) is 0 Å². The van der Waals surface area contributed by atoms with Gasteiger partial charge in [-0.05, 0) is 42.0 Å². The van der Waals surface area contributed by atoms with Crippen LogP contribution in [0.25, 0.3) is 6.08 Å². The molecule has 0 bridgehead atoms. The maximum absolute atomic E-state index is 14.0. The van der Waals surface area contributed by atoms with E-state index in [0.717, 1.165) is 22.2 Å². The topological polar surface area (TPSA) is 88.2 Å². The number of carbonyl (C=O) groups excluding carboxylic acids is 3. The fourth-order valence-corrected chi connectivity index (χ4v) is 5.80. The number of amides is 3. The van der Waals surface area contributed by atoms with Gasteiger partial charge in [0.25, 0.3) is 0 Å². The van der Waals surface area contributed by atoms with Gasteiger partial charge in [-0.15, -0.1) is 0 Å². The number of carbonyl (C=O) groups is 3. The van der Waals surface area contributed by atoms with Crippen LogP contribution in [-0.2, 0) is 14.4 Å². The minimum absolute atomic E-state index is 0.148. The summed E-state index contributed by atoms with van der Waals surface area (Å²) in [6, 6.07) is 16.3. The number of nitrogens with zero attached hydrogens (tertiary/aromatic N) is 2. The van der Waals surface area contributed by atoms with E-state index < -0.39 is 47.5 Å². The van der Waals surface area contributed by atoms with Gasteiger partial charge in [-0.2, -0.15) is 0 Å². The lowest BCUT2D eigenvalue weighted by molar-refractivity contribution is -0.126. The standard InChI is InChI=1S/C29H24FN3O5/c1-37-19-11-13-23(38-2)20(15-19)31-27(34)26-25-24(22-12-10-16-6-3-4-9-21(16)33(22)26)28(35)32(29(25)36)18-8-5-7-17(30)14-18/h3-15,22,24-26H,1-2H3,(H,31,34)/t22-,24-,25-,26+/m1/s1. The van der Waals surface area contributed by atoms with Crippen molar-refractivity contribution >= 4 is 40.9 Å². The Bertz CT molecular complexity index is 1510. The van der Waals surface area contributed by atoms with E-state index >= 15 is 0 Å². The molecule has 2 fully saturated rings. The molecule has 1 N–H and O–H groups in total. The quantitative estimate of drug-likeness (QED) is 0.522. The molecule has 6 rings (SSSR count). The van der Waals surface area contributed by atoms with Gasteiger partial charge in [0.2, 0.25) is 17.7 Å². The van der Waals surface area contributed by atoms with E-state index in [0.29, 0.717) is 17.2 Å². The summed E-state index contributed by atoms with van der Waals surface area (Å²) in [4.78, 5) is 44.5. The van der Waals surface area contributed by atoms with Gasteiger partial charge in [0, 0.05) is 11.8 Å². The number of fused-ring (bicyclic) bond motifs is 5. The first-order chi connectivity index (χ1) is 18.4. The third-order valence-corrected chi connectivity index (χ3v) is 7.41. The number of methoxy groups -OCH3 is 2. The lowest BCUT2D eigenvalue weighted by Crippen LogP contribution is -2.50. The zero-order valence-corrected chi connectivity index (χ0v) is 20.6. The number of anilines is 3. The minimum Gasteiger partial charge on any atom is -0.497 e. The van der Waals surface area contributed by atoms with E-state index in [1.165, 1.54) is 32.4 Å². The van der Waals surface area contributed by atoms with E-state index in [1.807, 2.05) is 41.3 Å². The molecule has 4 atom stereocenters. The molecule has 3 aromatic rings. The highest BCUT2D eigenvalue weighted by molar-refractivity contribution is 6.25. The Balaban J connectivity index is 1.44. The summed E-state index contributed by atoms with van der Waals surface area (Å²) in [5.74, 6) is -2.91. The summed E-state index contributed by atoms with van der Waals surface area (Å²) in [5, 5.41) is 2.90. The van der Waals surface area contributed by atoms with Gasteiger partial charge in [0.1, 0.15) is 23.4 Å². The molecule has 9 heteroatoms. The second kappa shape index (κ2) is 9.02. The van der Waals surface area contributed by atoms with Crippen LogP contribution in [0.15, 0.2) is 72.8 Å². The summed E-state index contributed by atoms with van der Waals surface area (Å²) in [6.07, 6.45) is 3.77. The van der Waals surface area contributed by atoms with Crippen LogP contribution in [0.3, 0.4) is 0 Å². The zero-order valence-electron chi connectivity index (χ0n) is 20.6. The fourth-order valence-electron chi connectivity index (χ4n) is 5.80. The molecule has 0 radical (unpaired) electrons. The first-order valence-corrected chi connectivity index (χ1v) is 12.1. The van der Waals surface area contributed by atoms with Crippen molar-refractivity contribution < 1.29 is 28.2 Å². The number of imide groups is 1. The van der Waals surface area contributed by atoms with Gasteiger partial charge in [0.15, 0.2) is 0 Å². The molecule has 3 amide bonds. The molecule has 8 nitrogen and oxygen atoms in total. The third-order valence-electron chi connectivity index (χ3n) is 7.41. The molecule has 3 aliphatic rings. The Hall–Kier alpha value is -4.66. The van der Waals surface area contributed by atoms with Gasteiger partial charge in [0.05, 0.1) is 43.5 Å². The van der Waals surface area contributed by atoms with Crippen molar-refractivity contribution in [2.45, 2.75) is 12.1 Å². The zero-order chi connectivity index (χ0) is 26.6. The molecule has 0 aliphatic carbocycles. The average Bonchev–Trinajstić information content (AvgIpc) is 3.41. The number of ether oxygens (including phenoxy) is 2. The van der Waals surface area contributed by atoms with Crippen LogP contribution >= 0.6 is 0 Å². The molecule has 192 valence electrons. The molecular formula is C29H24FN3O5. The van der Waals surface area contributed by atoms with E-state index in [2.05, 4.69) is 5.32 Å². The van der Waals surface area contributed by atoms with Gasteiger partial charge in [-0.3, -0.25) is 14.4 Å².